The van der Waals surface area contributed by atoms with Gasteiger partial charge in [0.15, 0.2) is 0 Å². The highest BCUT2D eigenvalue weighted by Gasteiger charge is 2.49. The normalized spacial score (nSPS) is 21.5. The Hall–Kier alpha value is -1.81. The number of rotatable bonds is 5. The van der Waals surface area contributed by atoms with Crippen LogP contribution in [0.4, 0.5) is 13.2 Å². The zero-order valence-electron chi connectivity index (χ0n) is 16.5. The molecule has 0 saturated carbocycles. The first-order chi connectivity index (χ1) is 12.6. The van der Waals surface area contributed by atoms with Crippen LogP contribution < -0.4 is 0 Å². The largest absolute Gasteiger partial charge is 0.416 e. The Morgan fingerprint density at radius 2 is 1.63 bits per heavy atom. The predicted molar refractivity (Wildman–Crippen MR) is 104 cm³/mol. The van der Waals surface area contributed by atoms with Crippen LogP contribution in [-0.2, 0) is 17.0 Å². The molecule has 1 unspecified atom stereocenters. The zero-order valence-corrected chi connectivity index (χ0v) is 16.5. The molecule has 1 atom stereocenters. The average Bonchev–Trinajstić information content (AvgIpc) is 2.82. The Labute approximate surface area is 160 Å². The fourth-order valence-electron chi connectivity index (χ4n) is 4.73. The van der Waals surface area contributed by atoms with Crippen molar-refractivity contribution in [1.82, 2.24) is 4.90 Å². The fourth-order valence-corrected chi connectivity index (χ4v) is 4.73. The first kappa shape index (κ1) is 19.9. The number of alkyl halides is 3. The molecule has 0 bridgehead atoms. The van der Waals surface area contributed by atoms with Crippen molar-refractivity contribution in [2.24, 2.45) is 0 Å². The van der Waals surface area contributed by atoms with E-state index in [4.69, 9.17) is 0 Å². The summed E-state index contributed by atoms with van der Waals surface area (Å²) in [7, 11) is 4.06. The molecule has 2 aromatic rings. The molecule has 0 spiro atoms. The van der Waals surface area contributed by atoms with E-state index in [2.05, 4.69) is 30.9 Å². The molecule has 3 rings (SSSR count). The minimum absolute atomic E-state index is 0.159. The first-order valence-electron chi connectivity index (χ1n) is 9.49. The van der Waals surface area contributed by atoms with E-state index in [1.54, 1.807) is 6.07 Å². The van der Waals surface area contributed by atoms with E-state index in [0.717, 1.165) is 42.5 Å². The van der Waals surface area contributed by atoms with Crippen molar-refractivity contribution in [3.8, 4) is 0 Å². The summed E-state index contributed by atoms with van der Waals surface area (Å²) >= 11 is 0. The number of hydrogen-bond donors (Lipinski definition) is 0. The lowest BCUT2D eigenvalue weighted by Crippen LogP contribution is -2.29. The van der Waals surface area contributed by atoms with Crippen LogP contribution in [-0.4, -0.2) is 25.5 Å². The van der Waals surface area contributed by atoms with E-state index < -0.39 is 11.7 Å². The quantitative estimate of drug-likeness (QED) is 0.618. The van der Waals surface area contributed by atoms with Crippen molar-refractivity contribution in [1.29, 1.82) is 0 Å². The maximum absolute atomic E-state index is 13.5. The summed E-state index contributed by atoms with van der Waals surface area (Å²) in [6.07, 6.45) is -1.72. The summed E-state index contributed by atoms with van der Waals surface area (Å²) in [5, 5.41) is 0. The van der Waals surface area contributed by atoms with Gasteiger partial charge in [0.2, 0.25) is 0 Å². The Bertz CT molecular complexity index is 793. The van der Waals surface area contributed by atoms with Crippen molar-refractivity contribution >= 4 is 0 Å². The molecule has 0 aliphatic heterocycles. The Morgan fingerprint density at radius 1 is 0.963 bits per heavy atom. The van der Waals surface area contributed by atoms with Crippen molar-refractivity contribution in [2.75, 3.05) is 20.6 Å². The SMILES string of the molecule is CN(C)CCCC1(c2ccccc2)CC(C)(C)c2ccc(C(F)(F)F)cc21. The molecule has 0 fully saturated rings. The summed E-state index contributed by atoms with van der Waals surface area (Å²) in [6.45, 7) is 5.22. The van der Waals surface area contributed by atoms with Gasteiger partial charge >= 0.3 is 6.18 Å². The fraction of sp³-hybridized carbons (Fsp3) is 0.478. The van der Waals surface area contributed by atoms with Crippen molar-refractivity contribution in [2.45, 2.75) is 50.1 Å². The second kappa shape index (κ2) is 6.97. The van der Waals surface area contributed by atoms with E-state index in [1.165, 1.54) is 12.1 Å². The third-order valence-corrected chi connectivity index (χ3v) is 5.87. The summed E-state index contributed by atoms with van der Waals surface area (Å²) in [5.74, 6) is 0. The van der Waals surface area contributed by atoms with Crippen LogP contribution in [0.5, 0.6) is 0 Å². The third kappa shape index (κ3) is 3.77. The number of benzene rings is 2. The molecule has 1 nitrogen and oxygen atoms in total. The second-order valence-corrected chi connectivity index (χ2v) is 8.67. The average molecular weight is 375 g/mol. The summed E-state index contributed by atoms with van der Waals surface area (Å²) in [4.78, 5) is 2.13. The molecule has 0 amide bonds. The highest BCUT2D eigenvalue weighted by Crippen LogP contribution is 2.56. The van der Waals surface area contributed by atoms with Gasteiger partial charge < -0.3 is 4.90 Å². The van der Waals surface area contributed by atoms with Gasteiger partial charge in [0, 0.05) is 5.41 Å². The van der Waals surface area contributed by atoms with Gasteiger partial charge in [0.25, 0.3) is 0 Å². The highest BCUT2D eigenvalue weighted by molar-refractivity contribution is 5.53. The molecule has 1 aliphatic rings. The van der Waals surface area contributed by atoms with Crippen LogP contribution in [0, 0.1) is 0 Å². The molecule has 0 N–H and O–H groups in total. The van der Waals surface area contributed by atoms with Crippen LogP contribution in [0.1, 0.15) is 55.4 Å². The topological polar surface area (TPSA) is 3.24 Å². The van der Waals surface area contributed by atoms with E-state index >= 15 is 0 Å². The van der Waals surface area contributed by atoms with Crippen LogP contribution in [0.3, 0.4) is 0 Å². The standard InChI is InChI=1S/C23H28F3N/c1-21(2)16-22(13-8-14-27(3)4,17-9-6-5-7-10-17)20-15-18(23(24,25)26)11-12-19(20)21/h5-7,9-12,15H,8,13-14,16H2,1-4H3. The monoisotopic (exact) mass is 375 g/mol. The molecule has 0 heterocycles. The number of halogens is 3. The summed E-state index contributed by atoms with van der Waals surface area (Å²) in [6, 6.07) is 14.4. The molecule has 4 heteroatoms. The predicted octanol–water partition coefficient (Wildman–Crippen LogP) is 6.01. The van der Waals surface area contributed by atoms with Crippen LogP contribution in [0.15, 0.2) is 48.5 Å². The molecular formula is C23H28F3N. The minimum Gasteiger partial charge on any atom is -0.309 e. The van der Waals surface area contributed by atoms with Crippen LogP contribution >= 0.6 is 0 Å². The van der Waals surface area contributed by atoms with Gasteiger partial charge in [-0.15, -0.1) is 0 Å². The van der Waals surface area contributed by atoms with Gasteiger partial charge in [0.1, 0.15) is 0 Å². The van der Waals surface area contributed by atoms with Gasteiger partial charge in [-0.25, -0.2) is 0 Å². The molecule has 146 valence electrons. The Morgan fingerprint density at radius 3 is 2.22 bits per heavy atom. The van der Waals surface area contributed by atoms with E-state index in [9.17, 15) is 13.2 Å². The molecule has 0 saturated heterocycles. The minimum atomic E-state index is -4.33. The van der Waals surface area contributed by atoms with E-state index in [1.807, 2.05) is 32.3 Å². The smallest absolute Gasteiger partial charge is 0.309 e. The number of nitrogens with zero attached hydrogens (tertiary/aromatic N) is 1. The lowest BCUT2D eigenvalue weighted by Gasteiger charge is -2.34. The molecule has 0 radical (unpaired) electrons. The highest BCUT2D eigenvalue weighted by atomic mass is 19.4. The summed E-state index contributed by atoms with van der Waals surface area (Å²) < 4.78 is 40.4. The Kier molecular flexibility index (Phi) is 5.15. The maximum atomic E-state index is 13.5. The molecular weight excluding hydrogens is 347 g/mol. The van der Waals surface area contributed by atoms with Gasteiger partial charge in [0.05, 0.1) is 5.56 Å². The molecule has 0 aromatic heterocycles. The first-order valence-corrected chi connectivity index (χ1v) is 9.49. The number of hydrogen-bond acceptors (Lipinski definition) is 1. The van der Waals surface area contributed by atoms with E-state index in [0.29, 0.717) is 0 Å². The van der Waals surface area contributed by atoms with Crippen LogP contribution in [0.2, 0.25) is 0 Å². The Balaban J connectivity index is 2.17. The van der Waals surface area contributed by atoms with Gasteiger partial charge in [-0.2, -0.15) is 13.2 Å². The van der Waals surface area contributed by atoms with Gasteiger partial charge in [-0.05, 0) is 74.1 Å². The van der Waals surface area contributed by atoms with Crippen molar-refractivity contribution in [3.63, 3.8) is 0 Å². The lowest BCUT2D eigenvalue weighted by molar-refractivity contribution is -0.137. The molecule has 27 heavy (non-hydrogen) atoms. The van der Waals surface area contributed by atoms with Crippen molar-refractivity contribution < 1.29 is 13.2 Å². The summed E-state index contributed by atoms with van der Waals surface area (Å²) in [5.41, 5.74) is 1.93. The van der Waals surface area contributed by atoms with Crippen LogP contribution in [0.25, 0.3) is 0 Å². The zero-order chi connectivity index (χ0) is 19.9. The van der Waals surface area contributed by atoms with E-state index in [-0.39, 0.29) is 10.8 Å². The van der Waals surface area contributed by atoms with Crippen molar-refractivity contribution in [3.05, 3.63) is 70.8 Å². The maximum Gasteiger partial charge on any atom is 0.416 e. The molecule has 1 aliphatic carbocycles. The third-order valence-electron chi connectivity index (χ3n) is 5.87. The van der Waals surface area contributed by atoms with Gasteiger partial charge in [-0.3, -0.25) is 0 Å². The number of fused-ring (bicyclic) bond motifs is 1. The lowest BCUT2D eigenvalue weighted by atomic mass is 9.70. The second-order valence-electron chi connectivity index (χ2n) is 8.67. The molecule has 2 aromatic carbocycles. The van der Waals surface area contributed by atoms with Gasteiger partial charge in [-0.1, -0.05) is 50.2 Å².